The number of thioether (sulfide) groups is 1. The molecule has 52 heteroatoms. The Kier molecular flexibility index (Phi) is 56.0. The van der Waals surface area contributed by atoms with Crippen molar-refractivity contribution in [1.29, 1.82) is 0 Å². The van der Waals surface area contributed by atoms with Gasteiger partial charge < -0.3 is 144 Å². The van der Waals surface area contributed by atoms with Gasteiger partial charge in [0.05, 0.1) is 51.2 Å². The van der Waals surface area contributed by atoms with Crippen LogP contribution in [0.25, 0.3) is 0 Å². The van der Waals surface area contributed by atoms with Gasteiger partial charge in [-0.05, 0) is 126 Å². The van der Waals surface area contributed by atoms with Crippen LogP contribution < -0.4 is 113 Å². The Balaban J connectivity index is 3.60. The summed E-state index contributed by atoms with van der Waals surface area (Å²) in [6, 6.07) is -27.3. The number of aliphatic hydroxyl groups excluding tert-OH is 3. The first-order chi connectivity index (χ1) is 64.4. The van der Waals surface area contributed by atoms with E-state index < -0.39 is 332 Å². The Morgan fingerprint density at radius 1 is 0.413 bits per heavy atom. The second-order valence-electron chi connectivity index (χ2n) is 35.7. The fourth-order valence-corrected chi connectivity index (χ4v) is 14.3. The number of ketones is 1. The second-order valence-corrected chi connectivity index (χ2v) is 36.7. The Morgan fingerprint density at radius 3 is 1.28 bits per heavy atom. The lowest BCUT2D eigenvalue weighted by Gasteiger charge is -2.32. The number of carboxylic acid groups (broad SMARTS) is 2. The van der Waals surface area contributed by atoms with Crippen molar-refractivity contribution in [3.63, 3.8) is 0 Å². The number of unbranched alkanes of at least 4 members (excludes halogenated alkanes) is 1. The summed E-state index contributed by atoms with van der Waals surface area (Å²) in [4.78, 5) is 323. The van der Waals surface area contributed by atoms with Crippen LogP contribution in [0.5, 0.6) is 0 Å². The van der Waals surface area contributed by atoms with E-state index in [1.54, 1.807) is 82.4 Å². The van der Waals surface area contributed by atoms with Gasteiger partial charge in [0.15, 0.2) is 0 Å². The number of likely N-dealkylation sites (tertiary alicyclic amines) is 1. The van der Waals surface area contributed by atoms with Gasteiger partial charge >= 0.3 is 11.9 Å². The first-order valence-corrected chi connectivity index (χ1v) is 47.2. The molecule has 0 spiro atoms. The molecule has 20 atom stereocenters. The van der Waals surface area contributed by atoms with E-state index in [9.17, 15) is 141 Å². The molecule has 1 saturated heterocycles. The lowest BCUT2D eigenvalue weighted by molar-refractivity contribution is -0.143. The third-order valence-electron chi connectivity index (χ3n) is 22.1. The molecule has 0 radical (unpaired) electrons. The Bertz CT molecular complexity index is 4240. The van der Waals surface area contributed by atoms with Crippen LogP contribution in [0.1, 0.15) is 207 Å². The van der Waals surface area contributed by atoms with Crippen LogP contribution >= 0.6 is 11.8 Å². The fourth-order valence-electron chi connectivity index (χ4n) is 13.9. The average Bonchev–Trinajstić information content (AvgIpc) is 1.65. The van der Waals surface area contributed by atoms with Gasteiger partial charge in [-0.1, -0.05) is 95.9 Å². The number of nitrogens with zero attached hydrogens (tertiary/aromatic N) is 1. The van der Waals surface area contributed by atoms with E-state index in [1.165, 1.54) is 30.5 Å². The number of nitrogens with two attached hydrogens (primary N) is 4. The molecule has 0 aromatic rings. The number of carbonyl (C=O) groups is 24. The smallest absolute Gasteiger partial charge is 0.305 e. The van der Waals surface area contributed by atoms with Gasteiger partial charge in [0.25, 0.3) is 5.91 Å². The average molecular weight is 1980 g/mol. The van der Waals surface area contributed by atoms with Gasteiger partial charge in [-0.15, -0.1) is 0 Å². The molecule has 0 aliphatic carbocycles. The van der Waals surface area contributed by atoms with E-state index in [0.29, 0.717) is 0 Å². The van der Waals surface area contributed by atoms with Gasteiger partial charge in [-0.25, -0.2) is 0 Å². The highest BCUT2D eigenvalue weighted by molar-refractivity contribution is 7.98. The van der Waals surface area contributed by atoms with Crippen LogP contribution in [0.15, 0.2) is 0 Å². The number of amides is 21. The predicted molar refractivity (Wildman–Crippen MR) is 495 cm³/mol. The zero-order valence-corrected chi connectivity index (χ0v) is 81.9. The zero-order chi connectivity index (χ0) is 106. The molecule has 21 amide bonds. The van der Waals surface area contributed by atoms with Crippen LogP contribution in [0, 0.1) is 35.5 Å². The first-order valence-electron chi connectivity index (χ1n) is 45.8. The van der Waals surface area contributed by atoms with Gasteiger partial charge in [0.1, 0.15) is 96.7 Å². The normalized spacial score (nSPS) is 16.5. The van der Waals surface area contributed by atoms with Gasteiger partial charge in [0, 0.05) is 26.4 Å². The largest absolute Gasteiger partial charge is 0.481 e. The van der Waals surface area contributed by atoms with E-state index in [0.717, 1.165) is 13.8 Å². The summed E-state index contributed by atoms with van der Waals surface area (Å²) in [5.74, 6) is -28.8. The molecule has 0 aromatic carbocycles. The zero-order valence-electron chi connectivity index (χ0n) is 81.1. The minimum Gasteiger partial charge on any atom is -0.481 e. The molecule has 138 heavy (non-hydrogen) atoms. The highest BCUT2D eigenvalue weighted by Gasteiger charge is 2.44. The van der Waals surface area contributed by atoms with Crippen molar-refractivity contribution in [2.45, 2.75) is 315 Å². The van der Waals surface area contributed by atoms with Crippen molar-refractivity contribution in [3.8, 4) is 0 Å². The van der Waals surface area contributed by atoms with Crippen LogP contribution in [-0.4, -0.2) is 326 Å². The van der Waals surface area contributed by atoms with Crippen LogP contribution in [0.4, 0.5) is 0 Å². The molecular formula is C86H146N22O29S. The Labute approximate surface area is 804 Å². The lowest BCUT2D eigenvalue weighted by atomic mass is 9.96. The minimum absolute atomic E-state index is 0.0342. The molecule has 780 valence electrons. The molecule has 30 N–H and O–H groups in total. The molecule has 0 unspecified atom stereocenters. The molecule has 0 bridgehead atoms. The maximum Gasteiger partial charge on any atom is 0.305 e. The highest BCUT2D eigenvalue weighted by atomic mass is 32.2. The number of carboxylic acids is 2. The molecule has 0 aromatic heterocycles. The van der Waals surface area contributed by atoms with Gasteiger partial charge in [-0.2, -0.15) is 11.8 Å². The van der Waals surface area contributed by atoms with Crippen molar-refractivity contribution in [2.24, 2.45) is 58.4 Å². The monoisotopic (exact) mass is 1980 g/mol. The van der Waals surface area contributed by atoms with E-state index in [2.05, 4.69) is 90.4 Å². The predicted octanol–water partition coefficient (Wildman–Crippen LogP) is -8.83. The third-order valence-corrected chi connectivity index (χ3v) is 22.7. The number of rotatable bonds is 66. The van der Waals surface area contributed by atoms with Crippen molar-refractivity contribution in [1.82, 2.24) is 95.3 Å². The molecule has 1 rings (SSSR count). The number of hydrogen-bond acceptors (Lipinski definition) is 29. The topological polar surface area (TPSA) is 823 Å². The third kappa shape index (κ3) is 44.9. The molecule has 1 aliphatic heterocycles. The lowest BCUT2D eigenvalue weighted by Crippen LogP contribution is -2.62. The number of nitrogens with one attached hydrogen (secondary N) is 17. The van der Waals surface area contributed by atoms with E-state index >= 15 is 0 Å². The summed E-state index contributed by atoms with van der Waals surface area (Å²) < 4.78 is 0. The van der Waals surface area contributed by atoms with Crippen LogP contribution in [0.2, 0.25) is 0 Å². The maximum atomic E-state index is 14.9. The summed E-state index contributed by atoms with van der Waals surface area (Å²) >= 11 is 1.25. The fraction of sp³-hybridized carbons (Fsp3) is 0.721. The van der Waals surface area contributed by atoms with E-state index in [-0.39, 0.29) is 95.4 Å². The maximum absolute atomic E-state index is 14.9. The highest BCUT2D eigenvalue weighted by Crippen LogP contribution is 2.24. The van der Waals surface area contributed by atoms with Crippen molar-refractivity contribution in [3.05, 3.63) is 0 Å². The Hall–Kier alpha value is -12.3. The minimum atomic E-state index is -1.95. The summed E-state index contributed by atoms with van der Waals surface area (Å²) in [7, 11) is 0. The molecule has 1 fully saturated rings. The van der Waals surface area contributed by atoms with Crippen molar-refractivity contribution >= 4 is 154 Å². The van der Waals surface area contributed by atoms with Crippen LogP contribution in [-0.2, 0) is 115 Å². The quantitative estimate of drug-likeness (QED) is 0.0199. The number of primary amides is 3. The van der Waals surface area contributed by atoms with E-state index in [1.807, 2.05) is 0 Å². The number of aliphatic hydroxyl groups is 3. The second kappa shape index (κ2) is 62.5. The standard InChI is InChI=1S/C86H146N22O29S/c1-17-43(11)66(106-79(130)54(32-41(7)8)98-73(124)50(24-25-63(116)117)94-80(131)57(37-109)102-71(122)48(87)33-60(88)113)84(135)100-55(34-61(89)114)78(129)103-58(38-110)81(132)99-53(31-40(5)6)77(128)97-52(30-39(3)4)72(123)92-36-62(115)104-67(44(12)18-2)86(137)108-28-21-23-59(108)82(133)95-49(22-19-20-27-91-70(121)47(15)112)74(125)105-65(42(9)10)83(134)96-51(26-29-138-16)75(126)107-68(46(14)111)85(136)101-56(35-64(118)119)76(127)93-45(13)69(90)120/h39-46,48-59,65-68,109-111H,17-38,87H2,1-16H3,(H2,88,113)(H2,89,114)(H2,90,120)(H,91,121)(H,92,123)(H,93,127)(H,94,131)(H,95,133)(H,96,134)(H,97,128)(H,98,124)(H,99,132)(H,100,135)(H,101,136)(H,102,122)(H,103,129)(H,104,115)(H,105,125)(H,106,130)(H,107,126)(H,116,117)(H,118,119)/t43-,44-,45-,46+,48-,49-,50-,51-,52-,53-,54-,55-,56-,57-,58-,59-,65-,66-,67-,68-/m0/s1. The summed E-state index contributed by atoms with van der Waals surface area (Å²) in [6.45, 7) is 19.8. The number of carbonyl (C=O) groups excluding carboxylic acids is 22. The first kappa shape index (κ1) is 124. The molecule has 0 saturated carbocycles. The van der Waals surface area contributed by atoms with Crippen LogP contribution in [0.3, 0.4) is 0 Å². The van der Waals surface area contributed by atoms with E-state index in [4.69, 9.17) is 22.9 Å². The Morgan fingerprint density at radius 2 is 0.812 bits per heavy atom. The molecule has 1 heterocycles. The van der Waals surface area contributed by atoms with Gasteiger partial charge in [0.2, 0.25) is 124 Å². The molecular weight excluding hydrogens is 1840 g/mol. The van der Waals surface area contributed by atoms with Crippen molar-refractivity contribution < 1.29 is 141 Å². The summed E-state index contributed by atoms with van der Waals surface area (Å²) in [5, 5.41) is 91.4. The molecule has 1 aliphatic rings. The number of hydrogen-bond donors (Lipinski definition) is 26. The number of aliphatic carboxylic acids is 2. The summed E-state index contributed by atoms with van der Waals surface area (Å²) in [5.41, 5.74) is 21.5. The number of Topliss-reactive ketones (excluding diaryl/α,β-unsaturated/α-hetero) is 1. The van der Waals surface area contributed by atoms with Crippen molar-refractivity contribution in [2.75, 3.05) is 44.9 Å². The molecule has 51 nitrogen and oxygen atoms in total. The SMILES string of the molecule is CC[C@H](C)[C@H](NC(=O)[C@H](CC(C)C)NC(=O)[C@H](CCC(=O)O)NC(=O)[C@H](CO)NC(=O)[C@@H](N)CC(N)=O)C(=O)N[C@@H](CC(N)=O)C(=O)N[C@@H](CO)C(=O)N[C@@H](CC(C)C)C(=O)N[C@@H](CC(C)C)C(=O)NCC(=O)N[C@H](C(=O)N1CCC[C@H]1C(=O)N[C@@H](CCCCNC(=O)C(C)=O)C(=O)N[C@H](C(=O)N[C@@H](CCSC)C(=O)N[C@H](C(=O)N[C@@H](CC(=O)O)C(=O)N[C@@H](C)C(N)=O)[C@@H](C)O)C(C)C)[C@@H](C)CC. The summed E-state index contributed by atoms with van der Waals surface area (Å²) in [6.07, 6.45) is -3.74. The van der Waals surface area contributed by atoms with Gasteiger partial charge in [-0.3, -0.25) is 115 Å².